The Bertz CT molecular complexity index is 1090. The fourth-order valence-corrected chi connectivity index (χ4v) is 3.48. The van der Waals surface area contributed by atoms with Crippen molar-refractivity contribution >= 4 is 23.4 Å². The number of carbonyl (C=O) groups excluding carboxylic acids is 1. The van der Waals surface area contributed by atoms with E-state index in [4.69, 9.17) is 11.1 Å². The molecule has 0 spiro atoms. The molecular formula is C21H22N7O+. The molecule has 1 aromatic heterocycles. The lowest BCUT2D eigenvalue weighted by Gasteiger charge is -2.16. The average Bonchev–Trinajstić information content (AvgIpc) is 3.28. The second-order valence-electron chi connectivity index (χ2n) is 6.84. The van der Waals surface area contributed by atoms with Crippen LogP contribution in [0.2, 0.25) is 0 Å². The van der Waals surface area contributed by atoms with Gasteiger partial charge in [-0.1, -0.05) is 24.3 Å². The smallest absolute Gasteiger partial charge is 0.323 e. The highest BCUT2D eigenvalue weighted by molar-refractivity contribution is 6.02. The Hall–Kier alpha value is -3.94. The number of rotatable bonds is 4. The molecule has 146 valence electrons. The Kier molecular flexibility index (Phi) is 4.82. The number of nitrogens with zero attached hydrogens (tertiary/aromatic N) is 3. The van der Waals surface area contributed by atoms with Gasteiger partial charge in [0, 0.05) is 24.7 Å². The van der Waals surface area contributed by atoms with Crippen molar-refractivity contribution in [3.05, 3.63) is 72.2 Å². The lowest BCUT2D eigenvalue weighted by atomic mass is 10.0. The lowest BCUT2D eigenvalue weighted by molar-refractivity contribution is -0.114. The monoisotopic (exact) mass is 388 g/mol. The predicted molar refractivity (Wildman–Crippen MR) is 113 cm³/mol. The van der Waals surface area contributed by atoms with Gasteiger partial charge < -0.3 is 20.9 Å². The molecule has 0 saturated carbocycles. The molecule has 8 heteroatoms. The number of nitrogens with one attached hydrogen (secondary N) is 2. The molecule has 4 rings (SSSR count). The number of aliphatic imine (C=N–C) groups is 1. The summed E-state index contributed by atoms with van der Waals surface area (Å²) in [6.45, 7) is 2.12. The topological polar surface area (TPSA) is 123 Å². The first kappa shape index (κ1) is 18.4. The van der Waals surface area contributed by atoms with Crippen LogP contribution in [-0.4, -0.2) is 33.8 Å². The summed E-state index contributed by atoms with van der Waals surface area (Å²) in [6, 6.07) is 15.0. The summed E-state index contributed by atoms with van der Waals surface area (Å²) >= 11 is 0. The summed E-state index contributed by atoms with van der Waals surface area (Å²) in [6.07, 6.45) is 3.64. The Morgan fingerprint density at radius 2 is 2.00 bits per heavy atom. The number of carbonyl (C=O) groups is 1. The fraction of sp³-hybridized carbons (Fsp3) is 0.143. The number of imidazole rings is 1. The second kappa shape index (κ2) is 7.59. The second-order valence-corrected chi connectivity index (χ2v) is 6.84. The van der Waals surface area contributed by atoms with Gasteiger partial charge in [0.05, 0.1) is 29.8 Å². The summed E-state index contributed by atoms with van der Waals surface area (Å²) in [7, 11) is 0. The molecule has 8 nitrogen and oxygen atoms in total. The first-order valence-electron chi connectivity index (χ1n) is 9.22. The van der Waals surface area contributed by atoms with Gasteiger partial charge in [-0.15, -0.1) is 0 Å². The van der Waals surface area contributed by atoms with Crippen LogP contribution < -0.4 is 21.8 Å². The normalized spacial score (nSPS) is 14.8. The van der Waals surface area contributed by atoms with E-state index in [2.05, 4.69) is 37.3 Å². The largest absolute Gasteiger partial charge is 0.367 e. The first-order chi connectivity index (χ1) is 14.0. The van der Waals surface area contributed by atoms with Gasteiger partial charge in [0.25, 0.3) is 0 Å². The van der Waals surface area contributed by atoms with Crippen LogP contribution in [0, 0.1) is 0 Å². The van der Waals surface area contributed by atoms with Crippen molar-refractivity contribution < 1.29 is 10.2 Å². The third-order valence-electron chi connectivity index (χ3n) is 4.79. The van der Waals surface area contributed by atoms with Gasteiger partial charge in [0.15, 0.2) is 0 Å². The lowest BCUT2D eigenvalue weighted by Crippen LogP contribution is -2.40. The van der Waals surface area contributed by atoms with Crippen molar-refractivity contribution in [3.63, 3.8) is 0 Å². The molecule has 0 radical (unpaired) electrons. The fourth-order valence-electron chi connectivity index (χ4n) is 3.48. The molecular weight excluding hydrogens is 366 g/mol. The molecule has 0 aliphatic carbocycles. The van der Waals surface area contributed by atoms with Crippen LogP contribution in [0.1, 0.15) is 24.1 Å². The highest BCUT2D eigenvalue weighted by atomic mass is 16.2. The molecule has 2 aromatic carbocycles. The van der Waals surface area contributed by atoms with E-state index in [0.29, 0.717) is 23.9 Å². The Balaban J connectivity index is 1.39. The van der Waals surface area contributed by atoms with E-state index in [0.717, 1.165) is 16.8 Å². The molecule has 2 amide bonds. The first-order valence-corrected chi connectivity index (χ1v) is 9.22. The van der Waals surface area contributed by atoms with Crippen molar-refractivity contribution in [2.75, 3.05) is 11.9 Å². The molecule has 0 bridgehead atoms. The molecule has 1 aliphatic rings. The number of nitrogens with two attached hydrogens (primary N) is 2. The number of benzene rings is 2. The minimum atomic E-state index is -0.281. The number of amides is 2. The molecule has 0 fully saturated rings. The Morgan fingerprint density at radius 3 is 2.76 bits per heavy atom. The van der Waals surface area contributed by atoms with Crippen LogP contribution in [0.3, 0.4) is 0 Å². The summed E-state index contributed by atoms with van der Waals surface area (Å²) in [5.74, 6) is 0.718. The van der Waals surface area contributed by atoms with E-state index in [9.17, 15) is 4.79 Å². The number of fused-ring (bicyclic) bond motifs is 3. The van der Waals surface area contributed by atoms with Crippen LogP contribution in [0.25, 0.3) is 11.3 Å². The van der Waals surface area contributed by atoms with E-state index in [-0.39, 0.29) is 12.1 Å². The molecule has 1 unspecified atom stereocenters. The van der Waals surface area contributed by atoms with Crippen LogP contribution >= 0.6 is 0 Å². The van der Waals surface area contributed by atoms with Crippen LogP contribution in [-0.2, 0) is 0 Å². The Morgan fingerprint density at radius 1 is 1.24 bits per heavy atom. The number of amidine groups is 2. The zero-order valence-electron chi connectivity index (χ0n) is 16.0. The number of urea groups is 1. The maximum atomic E-state index is 12.4. The van der Waals surface area contributed by atoms with Gasteiger partial charge in [-0.25, -0.2) is 9.78 Å². The third-order valence-corrected chi connectivity index (χ3v) is 4.79. The maximum absolute atomic E-state index is 12.4. The van der Waals surface area contributed by atoms with E-state index in [1.165, 1.54) is 5.56 Å². The highest BCUT2D eigenvalue weighted by Crippen LogP contribution is 2.38. The number of hydrogen-bond donors (Lipinski definition) is 4. The third kappa shape index (κ3) is 3.73. The van der Waals surface area contributed by atoms with Gasteiger partial charge in [-0.3, -0.25) is 5.41 Å². The number of anilines is 1. The van der Waals surface area contributed by atoms with E-state index < -0.39 is 0 Å². The van der Waals surface area contributed by atoms with Crippen molar-refractivity contribution in [3.8, 4) is 11.3 Å². The van der Waals surface area contributed by atoms with E-state index >= 15 is 0 Å². The van der Waals surface area contributed by atoms with Crippen LogP contribution in [0.4, 0.5) is 10.5 Å². The number of hydrogen-bond acceptors (Lipinski definition) is 2. The quantitative estimate of drug-likeness (QED) is 0.396. The summed E-state index contributed by atoms with van der Waals surface area (Å²) < 4.78 is 2.08. The summed E-state index contributed by atoms with van der Waals surface area (Å²) in [4.78, 5) is 20.6. The van der Waals surface area contributed by atoms with E-state index in [1.807, 2.05) is 18.3 Å². The highest BCUT2D eigenvalue weighted by Gasteiger charge is 2.28. The molecule has 6 N–H and O–H groups in total. The zero-order chi connectivity index (χ0) is 20.4. The summed E-state index contributed by atoms with van der Waals surface area (Å²) in [5, 5.41) is 11.6. The van der Waals surface area contributed by atoms with Gasteiger partial charge in [-0.2, -0.15) is 0 Å². The number of aromatic nitrogens is 2. The Labute approximate surface area is 168 Å². The van der Waals surface area contributed by atoms with Gasteiger partial charge in [0.2, 0.25) is 5.84 Å². The molecule has 1 atom stereocenters. The van der Waals surface area contributed by atoms with Crippen LogP contribution in [0.15, 0.2) is 66.0 Å². The van der Waals surface area contributed by atoms with Crippen molar-refractivity contribution in [2.24, 2.45) is 10.7 Å². The minimum Gasteiger partial charge on any atom is -0.367 e. The zero-order valence-corrected chi connectivity index (χ0v) is 16.0. The van der Waals surface area contributed by atoms with Crippen molar-refractivity contribution in [2.45, 2.75) is 13.0 Å². The SMILES string of the molecule is CC(N)=NC(=[NH2+])c1ccc(NC(=O)NCC2c3ccccc3-c3cncn32)cc1. The molecule has 29 heavy (non-hydrogen) atoms. The standard InChI is InChI=1S/C21H21N7O/c1-13(22)26-20(23)14-6-8-15(9-7-14)27-21(29)25-11-19-17-5-3-2-4-16(17)18-10-24-12-28(18)19/h2-10,12,19H,11H2,1H3,(H3,22,23,26)(H2,25,27,29)/p+1. The maximum Gasteiger partial charge on any atom is 0.323 e. The van der Waals surface area contributed by atoms with Gasteiger partial charge >= 0.3 is 11.9 Å². The van der Waals surface area contributed by atoms with Crippen LogP contribution in [0.5, 0.6) is 0 Å². The predicted octanol–water partition coefficient (Wildman–Crippen LogP) is 1.16. The van der Waals surface area contributed by atoms with Crippen molar-refractivity contribution in [1.29, 1.82) is 0 Å². The van der Waals surface area contributed by atoms with Gasteiger partial charge in [0.1, 0.15) is 0 Å². The minimum absolute atomic E-state index is 0.0172. The summed E-state index contributed by atoms with van der Waals surface area (Å²) in [5.41, 5.74) is 10.3. The molecule has 1 aliphatic heterocycles. The molecule has 3 aromatic rings. The molecule has 0 saturated heterocycles. The van der Waals surface area contributed by atoms with Crippen molar-refractivity contribution in [1.82, 2.24) is 14.9 Å². The van der Waals surface area contributed by atoms with E-state index in [1.54, 1.807) is 37.5 Å². The van der Waals surface area contributed by atoms with Gasteiger partial charge in [-0.05, 0) is 34.8 Å². The molecule has 2 heterocycles. The average molecular weight is 388 g/mol.